The van der Waals surface area contributed by atoms with Crippen LogP contribution in [-0.4, -0.2) is 42.0 Å². The Balaban J connectivity index is 1.97. The van der Waals surface area contributed by atoms with Gasteiger partial charge in [0.05, 0.1) is 18.1 Å². The zero-order valence-corrected chi connectivity index (χ0v) is 10.3. The maximum absolute atomic E-state index is 11.8. The Morgan fingerprint density at radius 2 is 1.89 bits per heavy atom. The lowest BCUT2D eigenvalue weighted by atomic mass is 10.2. The molecule has 1 amide bonds. The fraction of sp³-hybridized carbons (Fsp3) is 0.308. The molecule has 0 aliphatic carbocycles. The minimum Gasteiger partial charge on any atom is -0.378 e. The van der Waals surface area contributed by atoms with Gasteiger partial charge in [-0.1, -0.05) is 0 Å². The minimum atomic E-state index is -0.452. The van der Waals surface area contributed by atoms with Crippen LogP contribution in [0.25, 0.3) is 6.08 Å². The molecule has 1 fully saturated rings. The molecule has 0 aromatic heterocycles. The van der Waals surface area contributed by atoms with Gasteiger partial charge in [-0.15, -0.1) is 0 Å². The number of non-ortho nitro benzene ring substituents is 1. The third-order valence-electron chi connectivity index (χ3n) is 2.85. The third-order valence-corrected chi connectivity index (χ3v) is 2.85. The number of hydrogen-bond acceptors (Lipinski definition) is 4. The quantitative estimate of drug-likeness (QED) is 0.469. The lowest BCUT2D eigenvalue weighted by Gasteiger charge is -2.25. The van der Waals surface area contributed by atoms with Crippen LogP contribution in [0.5, 0.6) is 0 Å². The van der Waals surface area contributed by atoms with E-state index in [1.807, 2.05) is 0 Å². The Morgan fingerprint density at radius 1 is 1.26 bits per heavy atom. The molecule has 0 atom stereocenters. The molecule has 0 bridgehead atoms. The summed E-state index contributed by atoms with van der Waals surface area (Å²) in [5.74, 6) is -0.0679. The number of nitro groups is 1. The number of morpholine rings is 1. The predicted molar refractivity (Wildman–Crippen MR) is 69.5 cm³/mol. The van der Waals surface area contributed by atoms with Gasteiger partial charge in [-0.2, -0.15) is 0 Å². The lowest BCUT2D eigenvalue weighted by molar-refractivity contribution is -0.384. The predicted octanol–water partition coefficient (Wildman–Crippen LogP) is 1.47. The molecule has 1 aromatic rings. The number of nitro benzene ring substituents is 1. The summed E-state index contributed by atoms with van der Waals surface area (Å²) in [4.78, 5) is 23.6. The van der Waals surface area contributed by atoms with Crippen molar-refractivity contribution < 1.29 is 14.5 Å². The van der Waals surface area contributed by atoms with Crippen LogP contribution in [-0.2, 0) is 9.53 Å². The summed E-state index contributed by atoms with van der Waals surface area (Å²) < 4.78 is 5.17. The summed E-state index contributed by atoms with van der Waals surface area (Å²) in [7, 11) is 0. The SMILES string of the molecule is O=C(/C=C/c1ccc([N+](=O)[O-])cc1)N1CCOCC1. The Kier molecular flexibility index (Phi) is 4.25. The van der Waals surface area contributed by atoms with E-state index in [1.54, 1.807) is 23.1 Å². The topological polar surface area (TPSA) is 72.7 Å². The highest BCUT2D eigenvalue weighted by atomic mass is 16.6. The van der Waals surface area contributed by atoms with E-state index in [0.717, 1.165) is 5.56 Å². The lowest BCUT2D eigenvalue weighted by Crippen LogP contribution is -2.39. The summed E-state index contributed by atoms with van der Waals surface area (Å²) in [6.45, 7) is 2.33. The molecule has 1 aromatic carbocycles. The van der Waals surface area contributed by atoms with Crippen LogP contribution in [0.3, 0.4) is 0 Å². The number of ether oxygens (including phenoxy) is 1. The van der Waals surface area contributed by atoms with Crippen LogP contribution in [0, 0.1) is 10.1 Å². The number of benzene rings is 1. The van der Waals surface area contributed by atoms with Crippen LogP contribution in [0.1, 0.15) is 5.56 Å². The standard InChI is InChI=1S/C13H14N2O4/c16-13(14-7-9-19-10-8-14)6-3-11-1-4-12(5-2-11)15(17)18/h1-6H,7-10H2/b6-3+. The molecule has 0 N–H and O–H groups in total. The zero-order valence-electron chi connectivity index (χ0n) is 10.3. The molecule has 1 aliphatic heterocycles. The first-order valence-corrected chi connectivity index (χ1v) is 5.96. The zero-order chi connectivity index (χ0) is 13.7. The van der Waals surface area contributed by atoms with Gasteiger partial charge in [0.25, 0.3) is 5.69 Å². The number of carbonyl (C=O) groups is 1. The normalized spacial score (nSPS) is 15.7. The molecule has 2 rings (SSSR count). The first kappa shape index (κ1) is 13.2. The fourth-order valence-electron chi connectivity index (χ4n) is 1.76. The van der Waals surface area contributed by atoms with Gasteiger partial charge in [0.15, 0.2) is 0 Å². The molecule has 1 aliphatic rings. The molecular formula is C13H14N2O4. The number of hydrogen-bond donors (Lipinski definition) is 0. The van der Waals surface area contributed by atoms with Crippen molar-refractivity contribution >= 4 is 17.7 Å². The number of carbonyl (C=O) groups excluding carboxylic acids is 1. The highest BCUT2D eigenvalue weighted by Crippen LogP contribution is 2.13. The van der Waals surface area contributed by atoms with Gasteiger partial charge in [-0.25, -0.2) is 0 Å². The second kappa shape index (κ2) is 6.10. The van der Waals surface area contributed by atoms with Gasteiger partial charge >= 0.3 is 0 Å². The third kappa shape index (κ3) is 3.62. The molecule has 6 nitrogen and oxygen atoms in total. The molecule has 6 heteroatoms. The molecule has 0 unspecified atom stereocenters. The smallest absolute Gasteiger partial charge is 0.269 e. The van der Waals surface area contributed by atoms with Crippen LogP contribution in [0.4, 0.5) is 5.69 Å². The highest BCUT2D eigenvalue weighted by Gasteiger charge is 2.13. The van der Waals surface area contributed by atoms with Crippen molar-refractivity contribution in [1.82, 2.24) is 4.90 Å². The average Bonchev–Trinajstić information content (AvgIpc) is 2.46. The molecule has 1 saturated heterocycles. The van der Waals surface area contributed by atoms with Crippen LogP contribution in [0.15, 0.2) is 30.3 Å². The first-order valence-electron chi connectivity index (χ1n) is 5.96. The van der Waals surface area contributed by atoms with E-state index in [1.165, 1.54) is 18.2 Å². The average molecular weight is 262 g/mol. The van der Waals surface area contributed by atoms with Crippen molar-refractivity contribution in [2.24, 2.45) is 0 Å². The molecular weight excluding hydrogens is 248 g/mol. The Hall–Kier alpha value is -2.21. The van der Waals surface area contributed by atoms with Crippen molar-refractivity contribution in [3.05, 3.63) is 46.0 Å². The summed E-state index contributed by atoms with van der Waals surface area (Å²) in [5, 5.41) is 10.5. The van der Waals surface area contributed by atoms with Gasteiger partial charge in [0, 0.05) is 31.3 Å². The van der Waals surface area contributed by atoms with Crippen molar-refractivity contribution in [2.45, 2.75) is 0 Å². The van der Waals surface area contributed by atoms with E-state index in [4.69, 9.17) is 4.74 Å². The molecule has 19 heavy (non-hydrogen) atoms. The van der Waals surface area contributed by atoms with Crippen LogP contribution >= 0.6 is 0 Å². The second-order valence-electron chi connectivity index (χ2n) is 4.12. The summed E-state index contributed by atoms with van der Waals surface area (Å²) in [5.41, 5.74) is 0.795. The van der Waals surface area contributed by atoms with Crippen molar-refractivity contribution in [2.75, 3.05) is 26.3 Å². The molecule has 0 spiro atoms. The number of nitrogens with zero attached hydrogens (tertiary/aromatic N) is 2. The maximum atomic E-state index is 11.8. The van der Waals surface area contributed by atoms with E-state index >= 15 is 0 Å². The first-order chi connectivity index (χ1) is 9.16. The summed E-state index contributed by atoms with van der Waals surface area (Å²) in [6, 6.07) is 6.06. The maximum Gasteiger partial charge on any atom is 0.269 e. The minimum absolute atomic E-state index is 0.0386. The number of rotatable bonds is 3. The Labute approximate surface area is 110 Å². The monoisotopic (exact) mass is 262 g/mol. The van der Waals surface area contributed by atoms with Crippen molar-refractivity contribution in [3.63, 3.8) is 0 Å². The molecule has 1 heterocycles. The van der Waals surface area contributed by atoms with Gasteiger partial charge in [0.2, 0.25) is 5.91 Å². The van der Waals surface area contributed by atoms with Crippen molar-refractivity contribution in [3.8, 4) is 0 Å². The van der Waals surface area contributed by atoms with Crippen molar-refractivity contribution in [1.29, 1.82) is 0 Å². The summed E-state index contributed by atoms with van der Waals surface area (Å²) >= 11 is 0. The molecule has 0 radical (unpaired) electrons. The molecule has 100 valence electrons. The van der Waals surface area contributed by atoms with E-state index in [-0.39, 0.29) is 11.6 Å². The highest BCUT2D eigenvalue weighted by molar-refractivity contribution is 5.91. The Bertz CT molecular complexity index is 490. The van der Waals surface area contributed by atoms with Gasteiger partial charge in [0.1, 0.15) is 0 Å². The fourth-order valence-corrected chi connectivity index (χ4v) is 1.76. The van der Waals surface area contributed by atoms with E-state index in [0.29, 0.717) is 26.3 Å². The van der Waals surface area contributed by atoms with E-state index in [2.05, 4.69) is 0 Å². The van der Waals surface area contributed by atoms with Gasteiger partial charge in [-0.3, -0.25) is 14.9 Å². The van der Waals surface area contributed by atoms with Crippen LogP contribution < -0.4 is 0 Å². The molecule has 0 saturated carbocycles. The van der Waals surface area contributed by atoms with Gasteiger partial charge in [-0.05, 0) is 23.8 Å². The Morgan fingerprint density at radius 3 is 2.47 bits per heavy atom. The second-order valence-corrected chi connectivity index (χ2v) is 4.12. The van der Waals surface area contributed by atoms with Gasteiger partial charge < -0.3 is 9.64 Å². The summed E-state index contributed by atoms with van der Waals surface area (Å²) in [6.07, 6.45) is 3.13. The van der Waals surface area contributed by atoms with Crippen LogP contribution in [0.2, 0.25) is 0 Å². The largest absolute Gasteiger partial charge is 0.378 e. The number of amides is 1. The van der Waals surface area contributed by atoms with E-state index < -0.39 is 4.92 Å². The van der Waals surface area contributed by atoms with E-state index in [9.17, 15) is 14.9 Å².